The summed E-state index contributed by atoms with van der Waals surface area (Å²) in [6, 6.07) is 17.1. The molecule has 2 aromatic rings. The van der Waals surface area contributed by atoms with Crippen LogP contribution in [0.1, 0.15) is 42.7 Å². The Bertz CT molecular complexity index is 778. The third-order valence-electron chi connectivity index (χ3n) is 6.73. The summed E-state index contributed by atoms with van der Waals surface area (Å²) in [7, 11) is 0. The summed E-state index contributed by atoms with van der Waals surface area (Å²) < 4.78 is 0. The van der Waals surface area contributed by atoms with Gasteiger partial charge in [0.2, 0.25) is 0 Å². The number of likely N-dealkylation sites (tertiary alicyclic amines) is 2. The second kappa shape index (κ2) is 13.3. The lowest BCUT2D eigenvalue weighted by molar-refractivity contribution is 0.139. The number of hydrogen-bond donors (Lipinski definition) is 0. The lowest BCUT2D eigenvalue weighted by Crippen LogP contribution is -2.42. The van der Waals surface area contributed by atoms with Crippen molar-refractivity contribution < 1.29 is 0 Å². The summed E-state index contributed by atoms with van der Waals surface area (Å²) in [6.45, 7) is 7.25. The molecule has 1 unspecified atom stereocenters. The average Bonchev–Trinajstić information content (AvgIpc) is 2.76. The van der Waals surface area contributed by atoms with Crippen LogP contribution in [0.2, 0.25) is 10.0 Å². The largest absolute Gasteiger partial charge is 0.302 e. The lowest BCUT2D eigenvalue weighted by Gasteiger charge is -2.36. The van der Waals surface area contributed by atoms with Crippen LogP contribution in [0.15, 0.2) is 48.5 Å². The predicted octanol–water partition coefficient (Wildman–Crippen LogP) is 6.97. The summed E-state index contributed by atoms with van der Waals surface area (Å²) in [5.41, 5.74) is 2.83. The molecule has 31 heavy (non-hydrogen) atoms. The zero-order valence-corrected chi connectivity index (χ0v) is 21.2. The van der Waals surface area contributed by atoms with Crippen molar-refractivity contribution >= 4 is 48.0 Å². The Morgan fingerprint density at radius 2 is 1.48 bits per heavy atom. The van der Waals surface area contributed by atoms with Crippen molar-refractivity contribution in [2.75, 3.05) is 39.3 Å². The molecule has 0 spiro atoms. The molecule has 4 rings (SSSR count). The second-order valence-corrected chi connectivity index (χ2v) is 9.60. The molecule has 2 aliphatic heterocycles. The third-order valence-corrected chi connectivity index (χ3v) is 7.47. The fourth-order valence-corrected chi connectivity index (χ4v) is 5.25. The Labute approximate surface area is 210 Å². The summed E-state index contributed by atoms with van der Waals surface area (Å²) >= 11 is 12.3. The maximum Gasteiger partial charge on any atom is 0.0595 e. The van der Waals surface area contributed by atoms with Crippen LogP contribution in [0.4, 0.5) is 0 Å². The third kappa shape index (κ3) is 7.81. The van der Waals surface area contributed by atoms with Crippen LogP contribution in [0.25, 0.3) is 0 Å². The fourth-order valence-electron chi connectivity index (χ4n) is 4.94. The topological polar surface area (TPSA) is 6.48 Å². The number of rotatable bonds is 6. The highest BCUT2D eigenvalue weighted by molar-refractivity contribution is 6.42. The molecule has 6 heteroatoms. The molecule has 2 saturated heterocycles. The first-order valence-corrected chi connectivity index (χ1v) is 11.9. The maximum absolute atomic E-state index is 6.24. The summed E-state index contributed by atoms with van der Waals surface area (Å²) in [5.74, 6) is 1.43. The molecular weight excluding hydrogens is 470 g/mol. The number of benzene rings is 2. The molecule has 172 valence electrons. The van der Waals surface area contributed by atoms with E-state index in [2.05, 4.69) is 52.3 Å². The minimum absolute atomic E-state index is 0. The summed E-state index contributed by atoms with van der Waals surface area (Å²) in [6.07, 6.45) is 6.43. The fraction of sp³-hybridized carbons (Fsp3) is 0.520. The van der Waals surface area contributed by atoms with Crippen molar-refractivity contribution in [2.45, 2.75) is 38.0 Å². The van der Waals surface area contributed by atoms with Crippen LogP contribution < -0.4 is 0 Å². The van der Waals surface area contributed by atoms with Gasteiger partial charge in [-0.15, -0.1) is 24.8 Å². The highest BCUT2D eigenvalue weighted by Crippen LogP contribution is 2.31. The zero-order chi connectivity index (χ0) is 20.1. The van der Waals surface area contributed by atoms with Crippen molar-refractivity contribution in [3.8, 4) is 0 Å². The van der Waals surface area contributed by atoms with Crippen molar-refractivity contribution in [3.05, 3.63) is 69.7 Å². The number of piperidine rings is 2. The molecule has 0 amide bonds. The van der Waals surface area contributed by atoms with Gasteiger partial charge in [0.25, 0.3) is 0 Å². The van der Waals surface area contributed by atoms with Crippen LogP contribution >= 0.6 is 48.0 Å². The predicted molar refractivity (Wildman–Crippen MR) is 139 cm³/mol. The number of hydrogen-bond acceptors (Lipinski definition) is 2. The van der Waals surface area contributed by atoms with E-state index in [1.54, 1.807) is 0 Å². The normalized spacial score (nSPS) is 20.6. The maximum atomic E-state index is 6.24. The summed E-state index contributed by atoms with van der Waals surface area (Å²) in [4.78, 5) is 5.32. The smallest absolute Gasteiger partial charge is 0.0595 e. The molecule has 0 N–H and O–H groups in total. The van der Waals surface area contributed by atoms with E-state index in [1.165, 1.54) is 76.0 Å². The molecule has 2 fully saturated rings. The van der Waals surface area contributed by atoms with Gasteiger partial charge in [0.1, 0.15) is 0 Å². The van der Waals surface area contributed by atoms with Gasteiger partial charge in [-0.25, -0.2) is 0 Å². The minimum atomic E-state index is 0. The van der Waals surface area contributed by atoms with Gasteiger partial charge < -0.3 is 9.80 Å². The van der Waals surface area contributed by atoms with Gasteiger partial charge in [0.05, 0.1) is 10.0 Å². The lowest BCUT2D eigenvalue weighted by atomic mass is 9.90. The SMILES string of the molecule is Cl.Cl.Clc1ccc(C2CCCN(CCN3CCC(Cc4ccccc4)CC3)C2)cc1Cl. The molecule has 0 aliphatic carbocycles. The van der Waals surface area contributed by atoms with Gasteiger partial charge in [0.15, 0.2) is 0 Å². The number of halogens is 4. The highest BCUT2D eigenvalue weighted by Gasteiger charge is 2.24. The summed E-state index contributed by atoms with van der Waals surface area (Å²) in [5, 5.41) is 1.33. The number of nitrogens with zero attached hydrogens (tertiary/aromatic N) is 2. The van der Waals surface area contributed by atoms with E-state index in [-0.39, 0.29) is 24.8 Å². The zero-order valence-electron chi connectivity index (χ0n) is 18.0. The standard InChI is InChI=1S/C25H32Cl2N2.2ClH/c26-24-9-8-22(18-25(24)27)23-7-4-12-29(19-23)16-15-28-13-10-21(11-14-28)17-20-5-2-1-3-6-20;;/h1-3,5-6,8-9,18,21,23H,4,7,10-17,19H2;2*1H. The molecule has 2 nitrogen and oxygen atoms in total. The van der Waals surface area contributed by atoms with Gasteiger partial charge in [-0.2, -0.15) is 0 Å². The second-order valence-electron chi connectivity index (χ2n) is 8.79. The van der Waals surface area contributed by atoms with E-state index in [4.69, 9.17) is 23.2 Å². The van der Waals surface area contributed by atoms with Crippen molar-refractivity contribution in [2.24, 2.45) is 5.92 Å². The van der Waals surface area contributed by atoms with Crippen molar-refractivity contribution in [3.63, 3.8) is 0 Å². The van der Waals surface area contributed by atoms with E-state index in [0.29, 0.717) is 16.0 Å². The Kier molecular flexibility index (Phi) is 11.5. The average molecular weight is 504 g/mol. The molecule has 2 aromatic carbocycles. The van der Waals surface area contributed by atoms with E-state index in [0.717, 1.165) is 12.5 Å². The molecular formula is C25H34Cl4N2. The van der Waals surface area contributed by atoms with Crippen LogP contribution in [-0.4, -0.2) is 49.1 Å². The van der Waals surface area contributed by atoms with Crippen LogP contribution in [0.3, 0.4) is 0 Å². The van der Waals surface area contributed by atoms with Crippen LogP contribution in [0.5, 0.6) is 0 Å². The first-order chi connectivity index (χ1) is 14.2. The van der Waals surface area contributed by atoms with Gasteiger partial charge >= 0.3 is 0 Å². The quantitative estimate of drug-likeness (QED) is 0.419. The molecule has 0 aromatic heterocycles. The Balaban J connectivity index is 0.00000171. The van der Waals surface area contributed by atoms with Gasteiger partial charge in [-0.3, -0.25) is 0 Å². The van der Waals surface area contributed by atoms with Crippen molar-refractivity contribution in [1.29, 1.82) is 0 Å². The van der Waals surface area contributed by atoms with E-state index >= 15 is 0 Å². The van der Waals surface area contributed by atoms with E-state index in [9.17, 15) is 0 Å². The minimum Gasteiger partial charge on any atom is -0.302 e. The molecule has 0 saturated carbocycles. The van der Waals surface area contributed by atoms with E-state index < -0.39 is 0 Å². The molecule has 0 bridgehead atoms. The Morgan fingerprint density at radius 1 is 0.774 bits per heavy atom. The Morgan fingerprint density at radius 3 is 2.19 bits per heavy atom. The molecule has 1 atom stereocenters. The molecule has 2 heterocycles. The monoisotopic (exact) mass is 502 g/mol. The molecule has 2 aliphatic rings. The Hall–Kier alpha value is -0.480. The van der Waals surface area contributed by atoms with Crippen LogP contribution in [-0.2, 0) is 6.42 Å². The van der Waals surface area contributed by atoms with E-state index in [1.807, 2.05) is 6.07 Å². The van der Waals surface area contributed by atoms with Crippen LogP contribution in [0, 0.1) is 5.92 Å². The first-order valence-electron chi connectivity index (χ1n) is 11.1. The van der Waals surface area contributed by atoms with Gasteiger partial charge in [0, 0.05) is 19.6 Å². The highest BCUT2D eigenvalue weighted by atomic mass is 35.5. The molecule has 0 radical (unpaired) electrons. The van der Waals surface area contributed by atoms with Gasteiger partial charge in [-0.1, -0.05) is 59.6 Å². The van der Waals surface area contributed by atoms with Crippen molar-refractivity contribution in [1.82, 2.24) is 9.80 Å². The van der Waals surface area contributed by atoms with Gasteiger partial charge in [-0.05, 0) is 86.8 Å². The first kappa shape index (κ1) is 26.8.